The van der Waals surface area contributed by atoms with Crippen LogP contribution in [-0.4, -0.2) is 33.0 Å². The predicted molar refractivity (Wildman–Crippen MR) is 92.2 cm³/mol. The SMILES string of the molecule is COc1ccc(CCC2(CN)COc3ccccc3O2)cc1OC. The lowest BCUT2D eigenvalue weighted by molar-refractivity contribution is -0.00777. The zero-order valence-corrected chi connectivity index (χ0v) is 14.1. The van der Waals surface area contributed by atoms with Gasteiger partial charge in [0.05, 0.1) is 14.2 Å². The van der Waals surface area contributed by atoms with Crippen LogP contribution in [0.3, 0.4) is 0 Å². The van der Waals surface area contributed by atoms with Crippen LogP contribution in [0.1, 0.15) is 12.0 Å². The summed E-state index contributed by atoms with van der Waals surface area (Å²) < 4.78 is 22.7. The molecule has 1 atom stereocenters. The minimum Gasteiger partial charge on any atom is -0.493 e. The van der Waals surface area contributed by atoms with Gasteiger partial charge < -0.3 is 24.7 Å². The van der Waals surface area contributed by atoms with Crippen molar-refractivity contribution in [1.82, 2.24) is 0 Å². The van der Waals surface area contributed by atoms with E-state index < -0.39 is 5.60 Å². The summed E-state index contributed by atoms with van der Waals surface area (Å²) in [4.78, 5) is 0. The molecule has 0 radical (unpaired) electrons. The van der Waals surface area contributed by atoms with Gasteiger partial charge in [-0.1, -0.05) is 18.2 Å². The number of hydrogen-bond acceptors (Lipinski definition) is 5. The van der Waals surface area contributed by atoms with E-state index in [0.717, 1.165) is 41.4 Å². The second kappa shape index (κ2) is 7.01. The number of aryl methyl sites for hydroxylation is 1. The molecule has 5 nitrogen and oxygen atoms in total. The minimum absolute atomic E-state index is 0.397. The highest BCUT2D eigenvalue weighted by molar-refractivity contribution is 5.43. The smallest absolute Gasteiger partial charge is 0.162 e. The highest BCUT2D eigenvalue weighted by atomic mass is 16.6. The molecule has 2 aromatic carbocycles. The van der Waals surface area contributed by atoms with Crippen molar-refractivity contribution < 1.29 is 18.9 Å². The number of benzene rings is 2. The molecule has 2 N–H and O–H groups in total. The van der Waals surface area contributed by atoms with Crippen LogP contribution >= 0.6 is 0 Å². The lowest BCUT2D eigenvalue weighted by Gasteiger charge is -2.37. The average Bonchev–Trinajstić information content (AvgIpc) is 2.65. The summed E-state index contributed by atoms with van der Waals surface area (Å²) in [6.45, 7) is 0.850. The van der Waals surface area contributed by atoms with Crippen LogP contribution < -0.4 is 24.7 Å². The molecule has 0 fully saturated rings. The summed E-state index contributed by atoms with van der Waals surface area (Å²) in [5.74, 6) is 2.97. The third-order valence-electron chi connectivity index (χ3n) is 4.36. The van der Waals surface area contributed by atoms with Gasteiger partial charge in [-0.05, 0) is 42.7 Å². The molecule has 5 heteroatoms. The molecule has 1 heterocycles. The minimum atomic E-state index is -0.512. The number of hydrogen-bond donors (Lipinski definition) is 1. The van der Waals surface area contributed by atoms with Gasteiger partial charge in [-0.25, -0.2) is 0 Å². The second-order valence-corrected chi connectivity index (χ2v) is 5.91. The maximum absolute atomic E-state index is 6.19. The van der Waals surface area contributed by atoms with E-state index in [1.54, 1.807) is 14.2 Å². The van der Waals surface area contributed by atoms with Crippen LogP contribution in [0.25, 0.3) is 0 Å². The molecule has 0 bridgehead atoms. The molecule has 0 saturated heterocycles. The lowest BCUT2D eigenvalue weighted by atomic mass is 9.94. The molecule has 0 amide bonds. The van der Waals surface area contributed by atoms with Crippen LogP contribution in [0.5, 0.6) is 23.0 Å². The van der Waals surface area contributed by atoms with Gasteiger partial charge in [-0.3, -0.25) is 0 Å². The van der Waals surface area contributed by atoms with Gasteiger partial charge in [0.2, 0.25) is 0 Å². The Morgan fingerprint density at radius 2 is 1.79 bits per heavy atom. The molecule has 128 valence electrons. The first-order chi connectivity index (χ1) is 11.7. The van der Waals surface area contributed by atoms with E-state index in [1.807, 2.05) is 42.5 Å². The summed E-state index contributed by atoms with van der Waals surface area (Å²) in [5, 5.41) is 0. The van der Waals surface area contributed by atoms with Gasteiger partial charge >= 0.3 is 0 Å². The Bertz CT molecular complexity index is 704. The standard InChI is InChI=1S/C19H23NO4/c1-21-15-8-7-14(11-18(15)22-2)9-10-19(12-20)13-23-16-5-3-4-6-17(16)24-19/h3-8,11H,9-10,12-13,20H2,1-2H3. The zero-order valence-electron chi connectivity index (χ0n) is 14.1. The van der Waals surface area contributed by atoms with E-state index in [4.69, 9.17) is 24.7 Å². The highest BCUT2D eigenvalue weighted by Gasteiger charge is 2.36. The molecule has 0 aliphatic carbocycles. The lowest BCUT2D eigenvalue weighted by Crippen LogP contribution is -2.51. The van der Waals surface area contributed by atoms with Gasteiger partial charge in [-0.2, -0.15) is 0 Å². The third kappa shape index (κ3) is 3.26. The van der Waals surface area contributed by atoms with Crippen molar-refractivity contribution in [1.29, 1.82) is 0 Å². The van der Waals surface area contributed by atoms with E-state index in [0.29, 0.717) is 13.2 Å². The van der Waals surface area contributed by atoms with Crippen LogP contribution in [0.2, 0.25) is 0 Å². The van der Waals surface area contributed by atoms with Crippen molar-refractivity contribution in [3.8, 4) is 23.0 Å². The van der Waals surface area contributed by atoms with E-state index in [1.165, 1.54) is 0 Å². The van der Waals surface area contributed by atoms with Crippen molar-refractivity contribution >= 4 is 0 Å². The number of methoxy groups -OCH3 is 2. The zero-order chi connectivity index (χ0) is 17.0. The molecular weight excluding hydrogens is 306 g/mol. The molecule has 24 heavy (non-hydrogen) atoms. The van der Waals surface area contributed by atoms with E-state index in [-0.39, 0.29) is 0 Å². The Kier molecular flexibility index (Phi) is 4.81. The first-order valence-corrected chi connectivity index (χ1v) is 8.01. The maximum atomic E-state index is 6.19. The van der Waals surface area contributed by atoms with E-state index >= 15 is 0 Å². The monoisotopic (exact) mass is 329 g/mol. The molecule has 1 aliphatic heterocycles. The Morgan fingerprint density at radius 1 is 1.04 bits per heavy atom. The summed E-state index contributed by atoms with van der Waals surface area (Å²) in [5.41, 5.74) is 6.64. The third-order valence-corrected chi connectivity index (χ3v) is 4.36. The molecule has 1 aliphatic rings. The fourth-order valence-corrected chi connectivity index (χ4v) is 2.86. The van der Waals surface area contributed by atoms with E-state index in [9.17, 15) is 0 Å². The number of nitrogens with two attached hydrogens (primary N) is 1. The maximum Gasteiger partial charge on any atom is 0.162 e. The van der Waals surface area contributed by atoms with Crippen LogP contribution in [0, 0.1) is 0 Å². The van der Waals surface area contributed by atoms with Crippen molar-refractivity contribution in [2.45, 2.75) is 18.4 Å². The normalized spacial score (nSPS) is 19.0. The fraction of sp³-hybridized carbons (Fsp3) is 0.368. The van der Waals surface area contributed by atoms with Gasteiger partial charge in [0.25, 0.3) is 0 Å². The topological polar surface area (TPSA) is 62.9 Å². The van der Waals surface area contributed by atoms with Crippen LogP contribution in [0.15, 0.2) is 42.5 Å². The predicted octanol–water partition coefficient (Wildman–Crippen LogP) is 2.81. The molecule has 0 aromatic heterocycles. The quantitative estimate of drug-likeness (QED) is 0.883. The molecule has 0 spiro atoms. The first kappa shape index (κ1) is 16.5. The summed E-state index contributed by atoms with van der Waals surface area (Å²) >= 11 is 0. The highest BCUT2D eigenvalue weighted by Crippen LogP contribution is 2.36. The second-order valence-electron chi connectivity index (χ2n) is 5.91. The summed E-state index contributed by atoms with van der Waals surface area (Å²) in [6.07, 6.45) is 1.57. The largest absolute Gasteiger partial charge is 0.493 e. The Hall–Kier alpha value is -2.40. The average molecular weight is 329 g/mol. The van der Waals surface area contributed by atoms with Gasteiger partial charge in [0, 0.05) is 6.54 Å². The number of fused-ring (bicyclic) bond motifs is 1. The molecule has 0 saturated carbocycles. The molecular formula is C19H23NO4. The Balaban J connectivity index is 1.73. The Labute approximate surface area is 142 Å². The van der Waals surface area contributed by atoms with Crippen LogP contribution in [0.4, 0.5) is 0 Å². The van der Waals surface area contributed by atoms with Crippen molar-refractivity contribution in [3.63, 3.8) is 0 Å². The molecule has 3 rings (SSSR count). The molecule has 1 unspecified atom stereocenters. The van der Waals surface area contributed by atoms with Crippen molar-refractivity contribution in [2.24, 2.45) is 5.73 Å². The first-order valence-electron chi connectivity index (χ1n) is 8.01. The molecule has 2 aromatic rings. The summed E-state index contributed by atoms with van der Waals surface area (Å²) in [7, 11) is 3.27. The van der Waals surface area contributed by atoms with Crippen molar-refractivity contribution in [3.05, 3.63) is 48.0 Å². The Morgan fingerprint density at radius 3 is 2.50 bits per heavy atom. The number of rotatable bonds is 6. The number of ether oxygens (including phenoxy) is 4. The van der Waals surface area contributed by atoms with Crippen molar-refractivity contribution in [2.75, 3.05) is 27.4 Å². The number of para-hydroxylation sites is 2. The van der Waals surface area contributed by atoms with Gasteiger partial charge in [0.1, 0.15) is 6.61 Å². The van der Waals surface area contributed by atoms with Gasteiger partial charge in [-0.15, -0.1) is 0 Å². The fourth-order valence-electron chi connectivity index (χ4n) is 2.86. The van der Waals surface area contributed by atoms with Crippen LogP contribution in [-0.2, 0) is 6.42 Å². The van der Waals surface area contributed by atoms with Gasteiger partial charge in [0.15, 0.2) is 28.6 Å². The van der Waals surface area contributed by atoms with E-state index in [2.05, 4.69) is 0 Å². The summed E-state index contributed by atoms with van der Waals surface area (Å²) in [6, 6.07) is 13.6.